The Hall–Kier alpha value is -1.99. The van der Waals surface area contributed by atoms with Gasteiger partial charge >= 0.3 is 0 Å². The molecule has 0 radical (unpaired) electrons. The van der Waals surface area contributed by atoms with Gasteiger partial charge in [-0.05, 0) is 37.1 Å². The van der Waals surface area contributed by atoms with E-state index in [0.717, 1.165) is 12.8 Å². The van der Waals surface area contributed by atoms with Crippen LogP contribution in [-0.2, 0) is 10.0 Å². The van der Waals surface area contributed by atoms with E-state index in [1.807, 2.05) is 6.07 Å². The van der Waals surface area contributed by atoms with E-state index in [-0.39, 0.29) is 10.9 Å². The monoisotopic (exact) mass is 335 g/mol. The summed E-state index contributed by atoms with van der Waals surface area (Å²) < 4.78 is 43.9. The third-order valence-electron chi connectivity index (χ3n) is 4.20. The maximum atomic E-state index is 13.0. The molecule has 1 atom stereocenters. The highest BCUT2D eigenvalue weighted by atomic mass is 32.2. The van der Waals surface area contributed by atoms with Crippen LogP contribution in [0.15, 0.2) is 45.9 Å². The van der Waals surface area contributed by atoms with Gasteiger partial charge in [0.1, 0.15) is 19.0 Å². The van der Waals surface area contributed by atoms with Crippen molar-refractivity contribution in [1.82, 2.24) is 4.31 Å². The van der Waals surface area contributed by atoms with Gasteiger partial charge in [-0.25, -0.2) is 8.42 Å². The number of nitrogens with zero attached hydrogens (tertiary/aromatic N) is 1. The fraction of sp³-hybridized carbons (Fsp3) is 0.375. The van der Waals surface area contributed by atoms with Crippen molar-refractivity contribution in [1.29, 1.82) is 0 Å². The normalized spacial score (nSPS) is 21.5. The molecule has 2 aromatic rings. The average Bonchev–Trinajstić information content (AvgIpc) is 3.25. The molecule has 0 bridgehead atoms. The van der Waals surface area contributed by atoms with Gasteiger partial charge in [0, 0.05) is 12.6 Å². The highest BCUT2D eigenvalue weighted by Gasteiger charge is 2.38. The number of hydrogen-bond donors (Lipinski definition) is 0. The second-order valence-corrected chi connectivity index (χ2v) is 7.49. The number of ether oxygens (including phenoxy) is 2. The Morgan fingerprint density at radius 1 is 1.09 bits per heavy atom. The number of fused-ring (bicyclic) bond motifs is 1. The molecule has 0 N–H and O–H groups in total. The molecule has 23 heavy (non-hydrogen) atoms. The van der Waals surface area contributed by atoms with Crippen LogP contribution < -0.4 is 9.47 Å². The predicted molar refractivity (Wildman–Crippen MR) is 82.0 cm³/mol. The van der Waals surface area contributed by atoms with Crippen LogP contribution in [0.3, 0.4) is 0 Å². The first-order chi connectivity index (χ1) is 11.2. The maximum Gasteiger partial charge on any atom is 0.243 e. The molecular weight excluding hydrogens is 318 g/mol. The molecule has 0 unspecified atom stereocenters. The van der Waals surface area contributed by atoms with E-state index in [9.17, 15) is 8.42 Å². The van der Waals surface area contributed by atoms with E-state index in [1.165, 1.54) is 4.31 Å². The van der Waals surface area contributed by atoms with Crippen molar-refractivity contribution in [3.63, 3.8) is 0 Å². The molecule has 2 aliphatic heterocycles. The van der Waals surface area contributed by atoms with Crippen molar-refractivity contribution >= 4 is 10.0 Å². The second-order valence-electron chi connectivity index (χ2n) is 5.59. The first-order valence-corrected chi connectivity index (χ1v) is 9.05. The summed E-state index contributed by atoms with van der Waals surface area (Å²) >= 11 is 0. The summed E-state index contributed by atoms with van der Waals surface area (Å²) in [7, 11) is -3.61. The van der Waals surface area contributed by atoms with Crippen LogP contribution in [0, 0.1) is 0 Å². The average molecular weight is 335 g/mol. The summed E-state index contributed by atoms with van der Waals surface area (Å²) in [6.07, 6.45) is 3.15. The predicted octanol–water partition coefficient (Wildman–Crippen LogP) is 2.58. The third kappa shape index (κ3) is 2.49. The van der Waals surface area contributed by atoms with Gasteiger partial charge in [0.2, 0.25) is 10.0 Å². The van der Waals surface area contributed by atoms with Crippen LogP contribution in [0.5, 0.6) is 11.5 Å². The number of rotatable bonds is 3. The fourth-order valence-electron chi connectivity index (χ4n) is 3.11. The molecule has 2 aliphatic rings. The molecule has 0 aliphatic carbocycles. The highest BCUT2D eigenvalue weighted by Crippen LogP contribution is 2.39. The van der Waals surface area contributed by atoms with Gasteiger partial charge in [-0.1, -0.05) is 0 Å². The first-order valence-electron chi connectivity index (χ1n) is 7.61. The summed E-state index contributed by atoms with van der Waals surface area (Å²) in [6.45, 7) is 1.39. The standard InChI is InChI=1S/C16H17NO5S/c18-23(19,12-5-6-15-16(11-12)22-10-9-21-15)17-7-1-3-13(17)14-4-2-8-20-14/h2,4-6,8,11,13H,1,3,7,9-10H2/t13-/m1/s1. The van der Waals surface area contributed by atoms with E-state index in [1.54, 1.807) is 30.5 Å². The molecule has 1 saturated heterocycles. The van der Waals surface area contributed by atoms with Crippen molar-refractivity contribution in [3.8, 4) is 11.5 Å². The van der Waals surface area contributed by atoms with Gasteiger partial charge in [0.25, 0.3) is 0 Å². The molecule has 0 spiro atoms. The zero-order chi connectivity index (χ0) is 15.9. The van der Waals surface area contributed by atoms with Crippen LogP contribution in [0.4, 0.5) is 0 Å². The third-order valence-corrected chi connectivity index (χ3v) is 6.10. The molecular formula is C16H17NO5S. The van der Waals surface area contributed by atoms with Gasteiger partial charge in [-0.2, -0.15) is 4.31 Å². The SMILES string of the molecule is O=S(=O)(c1ccc2c(c1)OCCO2)N1CCC[C@@H]1c1ccco1. The van der Waals surface area contributed by atoms with Gasteiger partial charge in [0.15, 0.2) is 11.5 Å². The van der Waals surface area contributed by atoms with Gasteiger partial charge in [-0.3, -0.25) is 0 Å². The Balaban J connectivity index is 1.69. The molecule has 1 fully saturated rings. The van der Waals surface area contributed by atoms with Crippen LogP contribution in [-0.4, -0.2) is 32.5 Å². The van der Waals surface area contributed by atoms with Gasteiger partial charge in [-0.15, -0.1) is 0 Å². The molecule has 0 saturated carbocycles. The van der Waals surface area contributed by atoms with Gasteiger partial charge in [0.05, 0.1) is 17.2 Å². The van der Waals surface area contributed by atoms with E-state index in [4.69, 9.17) is 13.9 Å². The van der Waals surface area contributed by atoms with Crippen molar-refractivity contribution in [2.75, 3.05) is 19.8 Å². The number of sulfonamides is 1. The Morgan fingerprint density at radius 2 is 1.91 bits per heavy atom. The summed E-state index contributed by atoms with van der Waals surface area (Å²) in [4.78, 5) is 0.222. The summed E-state index contributed by atoms with van der Waals surface area (Å²) in [5.41, 5.74) is 0. The lowest BCUT2D eigenvalue weighted by Crippen LogP contribution is -2.30. The summed E-state index contributed by atoms with van der Waals surface area (Å²) in [5.74, 6) is 1.74. The molecule has 4 rings (SSSR count). The lowest BCUT2D eigenvalue weighted by atomic mass is 10.2. The minimum atomic E-state index is -3.61. The van der Waals surface area contributed by atoms with Crippen LogP contribution >= 0.6 is 0 Å². The molecule has 3 heterocycles. The Kier molecular flexibility index (Phi) is 3.54. The van der Waals surface area contributed by atoms with Crippen LogP contribution in [0.25, 0.3) is 0 Å². The summed E-state index contributed by atoms with van der Waals surface area (Å²) in [6, 6.07) is 8.12. The Labute approximate surface area is 134 Å². The maximum absolute atomic E-state index is 13.0. The molecule has 1 aromatic carbocycles. The topological polar surface area (TPSA) is 69.0 Å². The smallest absolute Gasteiger partial charge is 0.243 e. The van der Waals surface area contributed by atoms with Gasteiger partial charge < -0.3 is 13.9 Å². The van der Waals surface area contributed by atoms with Crippen LogP contribution in [0.1, 0.15) is 24.6 Å². The fourth-order valence-corrected chi connectivity index (χ4v) is 4.79. The first kappa shape index (κ1) is 14.6. The van der Waals surface area contributed by atoms with E-state index in [2.05, 4.69) is 0 Å². The molecule has 0 amide bonds. The number of hydrogen-bond acceptors (Lipinski definition) is 5. The van der Waals surface area contributed by atoms with Crippen molar-refractivity contribution in [2.45, 2.75) is 23.8 Å². The van der Waals surface area contributed by atoms with Crippen molar-refractivity contribution in [2.24, 2.45) is 0 Å². The van der Waals surface area contributed by atoms with Crippen LogP contribution in [0.2, 0.25) is 0 Å². The van der Waals surface area contributed by atoms with Crippen molar-refractivity contribution in [3.05, 3.63) is 42.4 Å². The Bertz CT molecular complexity index is 800. The summed E-state index contributed by atoms with van der Waals surface area (Å²) in [5, 5.41) is 0. The Morgan fingerprint density at radius 3 is 2.70 bits per heavy atom. The zero-order valence-electron chi connectivity index (χ0n) is 12.5. The number of furan rings is 1. The molecule has 1 aromatic heterocycles. The molecule has 6 nitrogen and oxygen atoms in total. The highest BCUT2D eigenvalue weighted by molar-refractivity contribution is 7.89. The van der Waals surface area contributed by atoms with E-state index < -0.39 is 10.0 Å². The molecule has 7 heteroatoms. The zero-order valence-corrected chi connectivity index (χ0v) is 13.3. The minimum absolute atomic E-state index is 0.222. The minimum Gasteiger partial charge on any atom is -0.486 e. The largest absolute Gasteiger partial charge is 0.486 e. The van der Waals surface area contributed by atoms with Crippen molar-refractivity contribution < 1.29 is 22.3 Å². The molecule has 122 valence electrons. The lowest BCUT2D eigenvalue weighted by molar-refractivity contribution is 0.171. The second kappa shape index (κ2) is 5.58. The quantitative estimate of drug-likeness (QED) is 0.862. The lowest BCUT2D eigenvalue weighted by Gasteiger charge is -2.24. The number of benzene rings is 1. The van der Waals surface area contributed by atoms with E-state index >= 15 is 0 Å². The van der Waals surface area contributed by atoms with E-state index in [0.29, 0.717) is 37.0 Å².